The summed E-state index contributed by atoms with van der Waals surface area (Å²) in [6.45, 7) is 2.72. The Bertz CT molecular complexity index is 476. The van der Waals surface area contributed by atoms with Gasteiger partial charge in [-0.3, -0.25) is 4.79 Å². The zero-order valence-corrected chi connectivity index (χ0v) is 11.6. The Labute approximate surface area is 118 Å². The summed E-state index contributed by atoms with van der Waals surface area (Å²) in [4.78, 5) is 12.7. The van der Waals surface area contributed by atoms with Gasteiger partial charge in [0, 0.05) is 25.6 Å². The summed E-state index contributed by atoms with van der Waals surface area (Å²) in [6.07, 6.45) is 3.87. The molecule has 3 nitrogen and oxygen atoms in total. The highest BCUT2D eigenvalue weighted by Gasteiger charge is 2.42. The van der Waals surface area contributed by atoms with E-state index >= 15 is 0 Å². The van der Waals surface area contributed by atoms with Crippen LogP contribution in [0.25, 0.3) is 0 Å². The molecule has 1 saturated carbocycles. The molecule has 1 aromatic carbocycles. The van der Waals surface area contributed by atoms with E-state index in [9.17, 15) is 9.18 Å². The number of hydrogen-bond donors (Lipinski definition) is 2. The fraction of sp³-hybridized carbons (Fsp3) is 0.562. The van der Waals surface area contributed by atoms with Crippen molar-refractivity contribution in [3.8, 4) is 0 Å². The van der Waals surface area contributed by atoms with Gasteiger partial charge in [0.1, 0.15) is 5.82 Å². The zero-order valence-electron chi connectivity index (χ0n) is 11.6. The van der Waals surface area contributed by atoms with Crippen LogP contribution >= 0.6 is 0 Å². The minimum Gasteiger partial charge on any atom is -0.355 e. The molecular weight excluding hydrogens is 255 g/mol. The lowest BCUT2D eigenvalue weighted by atomic mass is 9.78. The smallest absolute Gasteiger partial charge is 0.230 e. The van der Waals surface area contributed by atoms with Gasteiger partial charge >= 0.3 is 0 Å². The van der Waals surface area contributed by atoms with E-state index in [1.165, 1.54) is 12.1 Å². The number of rotatable bonds is 4. The first-order valence-electron chi connectivity index (χ1n) is 7.46. The summed E-state index contributed by atoms with van der Waals surface area (Å²) in [5, 5.41) is 6.32. The number of amides is 1. The summed E-state index contributed by atoms with van der Waals surface area (Å²) in [6, 6.07) is 6.45. The molecule has 0 radical (unpaired) electrons. The molecule has 2 N–H and O–H groups in total. The van der Waals surface area contributed by atoms with Gasteiger partial charge in [-0.1, -0.05) is 25.0 Å². The average molecular weight is 276 g/mol. The molecular formula is C16H21FN2O. The molecule has 0 bridgehead atoms. The number of carbonyl (C=O) groups excluding carboxylic acids is 1. The Balaban J connectivity index is 1.75. The van der Waals surface area contributed by atoms with Crippen molar-refractivity contribution in [2.45, 2.75) is 31.1 Å². The predicted octanol–water partition coefficient (Wildman–Crippen LogP) is 1.97. The molecule has 1 aliphatic heterocycles. The Morgan fingerprint density at radius 1 is 1.25 bits per heavy atom. The van der Waals surface area contributed by atoms with Crippen LogP contribution in [0, 0.1) is 11.7 Å². The maximum Gasteiger partial charge on any atom is 0.230 e. The molecule has 0 atom stereocenters. The maximum atomic E-state index is 13.1. The maximum absolute atomic E-state index is 13.1. The van der Waals surface area contributed by atoms with Crippen molar-refractivity contribution in [2.24, 2.45) is 5.92 Å². The minimum atomic E-state index is -0.440. The summed E-state index contributed by atoms with van der Waals surface area (Å²) in [5.41, 5.74) is 0.519. The van der Waals surface area contributed by atoms with Crippen molar-refractivity contribution in [1.82, 2.24) is 10.6 Å². The highest BCUT2D eigenvalue weighted by Crippen LogP contribution is 2.41. The lowest BCUT2D eigenvalue weighted by Gasteiger charge is -2.32. The van der Waals surface area contributed by atoms with Gasteiger partial charge in [-0.15, -0.1) is 0 Å². The Hall–Kier alpha value is -1.42. The van der Waals surface area contributed by atoms with E-state index in [1.54, 1.807) is 12.1 Å². The quantitative estimate of drug-likeness (QED) is 0.883. The third kappa shape index (κ3) is 2.44. The lowest BCUT2D eigenvalue weighted by molar-refractivity contribution is -0.126. The topological polar surface area (TPSA) is 41.1 Å². The fourth-order valence-electron chi connectivity index (χ4n) is 3.29. The van der Waals surface area contributed by atoms with Crippen LogP contribution in [0.1, 0.15) is 31.2 Å². The van der Waals surface area contributed by atoms with Crippen LogP contribution in [0.2, 0.25) is 0 Å². The molecule has 2 fully saturated rings. The molecule has 2 aliphatic rings. The normalized spacial score (nSPS) is 21.4. The number of carbonyl (C=O) groups is 1. The summed E-state index contributed by atoms with van der Waals surface area (Å²) in [5.74, 6) is 0.432. The second kappa shape index (κ2) is 5.52. The van der Waals surface area contributed by atoms with Crippen LogP contribution in [0.15, 0.2) is 24.3 Å². The molecule has 1 amide bonds. The van der Waals surface area contributed by atoms with Crippen molar-refractivity contribution in [2.75, 3.05) is 19.6 Å². The molecule has 20 heavy (non-hydrogen) atoms. The number of halogens is 1. The monoisotopic (exact) mass is 276 g/mol. The first-order valence-corrected chi connectivity index (χ1v) is 7.46. The Morgan fingerprint density at radius 3 is 2.45 bits per heavy atom. The molecule has 1 aliphatic carbocycles. The van der Waals surface area contributed by atoms with Crippen molar-refractivity contribution in [1.29, 1.82) is 0 Å². The SMILES string of the molecule is O=C(NCC1CNC1)C1(c2ccc(F)cc2)CCCC1. The second-order valence-electron chi connectivity index (χ2n) is 6.03. The molecule has 1 heterocycles. The van der Waals surface area contributed by atoms with E-state index in [-0.39, 0.29) is 11.7 Å². The minimum absolute atomic E-state index is 0.119. The molecule has 4 heteroatoms. The highest BCUT2D eigenvalue weighted by atomic mass is 19.1. The van der Waals surface area contributed by atoms with Crippen molar-refractivity contribution < 1.29 is 9.18 Å². The van der Waals surface area contributed by atoms with Gasteiger partial charge in [0.05, 0.1) is 5.41 Å². The average Bonchev–Trinajstić information content (AvgIpc) is 2.88. The molecule has 1 saturated heterocycles. The Kier molecular flexibility index (Phi) is 3.74. The second-order valence-corrected chi connectivity index (χ2v) is 6.03. The van der Waals surface area contributed by atoms with Gasteiger partial charge in [0.25, 0.3) is 0 Å². The molecule has 0 unspecified atom stereocenters. The van der Waals surface area contributed by atoms with Gasteiger partial charge in [0.2, 0.25) is 5.91 Å². The van der Waals surface area contributed by atoms with E-state index in [2.05, 4.69) is 10.6 Å². The van der Waals surface area contributed by atoms with E-state index in [1.807, 2.05) is 0 Å². The van der Waals surface area contributed by atoms with Crippen molar-refractivity contribution in [3.05, 3.63) is 35.6 Å². The number of benzene rings is 1. The van der Waals surface area contributed by atoms with Crippen LogP contribution in [-0.4, -0.2) is 25.5 Å². The van der Waals surface area contributed by atoms with E-state index in [0.717, 1.165) is 50.9 Å². The lowest BCUT2D eigenvalue weighted by Crippen LogP contribution is -2.51. The van der Waals surface area contributed by atoms with Gasteiger partial charge in [-0.2, -0.15) is 0 Å². The molecule has 1 aromatic rings. The standard InChI is InChI=1S/C16H21FN2O/c17-14-5-3-13(4-6-14)16(7-1-2-8-16)15(20)19-11-12-9-18-10-12/h3-6,12,18H,1-2,7-11H2,(H,19,20). The van der Waals surface area contributed by atoms with Crippen LogP contribution in [0.4, 0.5) is 4.39 Å². The third-order valence-electron chi connectivity index (χ3n) is 4.71. The van der Waals surface area contributed by atoms with Crippen LogP contribution in [0.3, 0.4) is 0 Å². The van der Waals surface area contributed by atoms with E-state index in [4.69, 9.17) is 0 Å². The summed E-state index contributed by atoms with van der Waals surface area (Å²) in [7, 11) is 0. The van der Waals surface area contributed by atoms with Crippen molar-refractivity contribution in [3.63, 3.8) is 0 Å². The summed E-state index contributed by atoms with van der Waals surface area (Å²) < 4.78 is 13.1. The highest BCUT2D eigenvalue weighted by molar-refractivity contribution is 5.88. The Morgan fingerprint density at radius 2 is 1.90 bits per heavy atom. The molecule has 3 rings (SSSR count). The molecule has 0 aromatic heterocycles. The van der Waals surface area contributed by atoms with Crippen molar-refractivity contribution >= 4 is 5.91 Å². The largest absolute Gasteiger partial charge is 0.355 e. The van der Waals surface area contributed by atoms with E-state index in [0.29, 0.717) is 5.92 Å². The van der Waals surface area contributed by atoms with Gasteiger partial charge in [-0.05, 0) is 30.5 Å². The fourth-order valence-corrected chi connectivity index (χ4v) is 3.29. The van der Waals surface area contributed by atoms with Gasteiger partial charge < -0.3 is 10.6 Å². The zero-order chi connectivity index (χ0) is 14.0. The van der Waals surface area contributed by atoms with Gasteiger partial charge in [0.15, 0.2) is 0 Å². The molecule has 0 spiro atoms. The van der Waals surface area contributed by atoms with Crippen LogP contribution < -0.4 is 10.6 Å². The number of hydrogen-bond acceptors (Lipinski definition) is 2. The van der Waals surface area contributed by atoms with Crippen LogP contribution in [0.5, 0.6) is 0 Å². The van der Waals surface area contributed by atoms with Crippen LogP contribution in [-0.2, 0) is 10.2 Å². The number of nitrogens with one attached hydrogen (secondary N) is 2. The first kappa shape index (κ1) is 13.6. The predicted molar refractivity (Wildman–Crippen MR) is 75.9 cm³/mol. The first-order chi connectivity index (χ1) is 9.71. The van der Waals surface area contributed by atoms with E-state index < -0.39 is 5.41 Å². The van der Waals surface area contributed by atoms with Gasteiger partial charge in [-0.25, -0.2) is 4.39 Å². The summed E-state index contributed by atoms with van der Waals surface area (Å²) >= 11 is 0. The third-order valence-corrected chi connectivity index (χ3v) is 4.71. The molecule has 108 valence electrons.